The Labute approximate surface area is 117 Å². The van der Waals surface area contributed by atoms with Crippen molar-refractivity contribution in [3.8, 4) is 0 Å². The number of carbonyl (C=O) groups is 2. The van der Waals surface area contributed by atoms with Gasteiger partial charge in [-0.3, -0.25) is 0 Å². The number of thioether (sulfide) groups is 1. The highest BCUT2D eigenvalue weighted by molar-refractivity contribution is 7.99. The van der Waals surface area contributed by atoms with Gasteiger partial charge in [0.2, 0.25) is 0 Å². The van der Waals surface area contributed by atoms with Crippen molar-refractivity contribution in [2.45, 2.75) is 49.8 Å². The fraction of sp³-hybridized carbons (Fsp3) is 0.846. The average Bonchev–Trinajstić information content (AvgIpc) is 3.22. The van der Waals surface area contributed by atoms with E-state index in [2.05, 4.69) is 10.6 Å². The molecule has 2 amide bonds. The molecule has 2 rings (SSSR count). The fourth-order valence-electron chi connectivity index (χ4n) is 2.45. The van der Waals surface area contributed by atoms with E-state index in [1.54, 1.807) is 6.92 Å². The maximum Gasteiger partial charge on any atom is 0.329 e. The molecule has 6 heteroatoms. The topological polar surface area (TPSA) is 78.4 Å². The number of rotatable bonds is 5. The number of hydrogen-bond donors (Lipinski definition) is 3. The van der Waals surface area contributed by atoms with Crippen molar-refractivity contribution >= 4 is 23.8 Å². The van der Waals surface area contributed by atoms with Gasteiger partial charge in [0, 0.05) is 11.8 Å². The van der Waals surface area contributed by atoms with E-state index < -0.39 is 11.5 Å². The second-order valence-corrected chi connectivity index (χ2v) is 7.01. The fourth-order valence-corrected chi connectivity index (χ4v) is 3.68. The van der Waals surface area contributed by atoms with Crippen molar-refractivity contribution in [2.24, 2.45) is 5.92 Å². The Hall–Kier alpha value is -0.910. The Morgan fingerprint density at radius 3 is 2.58 bits per heavy atom. The lowest BCUT2D eigenvalue weighted by atomic mass is 9.96. The van der Waals surface area contributed by atoms with Crippen LogP contribution in [0.2, 0.25) is 0 Å². The molecule has 19 heavy (non-hydrogen) atoms. The van der Waals surface area contributed by atoms with Crippen molar-refractivity contribution in [3.63, 3.8) is 0 Å². The zero-order valence-corrected chi connectivity index (χ0v) is 12.1. The van der Waals surface area contributed by atoms with Crippen molar-refractivity contribution in [2.75, 3.05) is 12.3 Å². The molecule has 0 spiro atoms. The van der Waals surface area contributed by atoms with E-state index in [9.17, 15) is 14.7 Å². The summed E-state index contributed by atoms with van der Waals surface area (Å²) in [5.41, 5.74) is -1.12. The number of carboxylic acids is 1. The second kappa shape index (κ2) is 6.03. The first-order valence-electron chi connectivity index (χ1n) is 6.93. The summed E-state index contributed by atoms with van der Waals surface area (Å²) in [6.45, 7) is 2.22. The van der Waals surface area contributed by atoms with Gasteiger partial charge in [0.1, 0.15) is 5.54 Å². The number of carboxylic acid groups (broad SMARTS) is 1. The molecule has 5 nitrogen and oxygen atoms in total. The quantitative estimate of drug-likeness (QED) is 0.720. The van der Waals surface area contributed by atoms with Gasteiger partial charge in [-0.25, -0.2) is 9.59 Å². The van der Waals surface area contributed by atoms with Crippen LogP contribution in [0.3, 0.4) is 0 Å². The minimum Gasteiger partial charge on any atom is -0.480 e. The monoisotopic (exact) mass is 286 g/mol. The molecule has 1 heterocycles. The van der Waals surface area contributed by atoms with E-state index in [-0.39, 0.29) is 11.9 Å². The Bertz CT molecular complexity index is 354. The van der Waals surface area contributed by atoms with Gasteiger partial charge in [-0.15, -0.1) is 0 Å². The van der Waals surface area contributed by atoms with E-state index in [4.69, 9.17) is 0 Å². The number of aliphatic carboxylic acids is 1. The first-order chi connectivity index (χ1) is 9.02. The predicted octanol–water partition coefficient (Wildman–Crippen LogP) is 1.82. The zero-order valence-electron chi connectivity index (χ0n) is 11.3. The molecular formula is C13H22N2O3S. The van der Waals surface area contributed by atoms with Crippen LogP contribution >= 0.6 is 11.8 Å². The highest BCUT2D eigenvalue weighted by atomic mass is 32.2. The summed E-state index contributed by atoms with van der Waals surface area (Å²) in [6.07, 6.45) is 5.36. The summed E-state index contributed by atoms with van der Waals surface area (Å²) >= 11 is 1.89. The zero-order chi connectivity index (χ0) is 13.9. The molecule has 0 aromatic heterocycles. The molecule has 2 atom stereocenters. The van der Waals surface area contributed by atoms with E-state index in [0.29, 0.717) is 11.8 Å². The van der Waals surface area contributed by atoms with E-state index in [1.807, 2.05) is 11.8 Å². The number of amides is 2. The number of carbonyl (C=O) groups excluding carboxylic acids is 1. The maximum atomic E-state index is 11.8. The average molecular weight is 286 g/mol. The summed E-state index contributed by atoms with van der Waals surface area (Å²) in [4.78, 5) is 23.1. The molecule has 0 aromatic rings. The largest absolute Gasteiger partial charge is 0.480 e. The number of hydrogen-bond acceptors (Lipinski definition) is 3. The third-order valence-corrected chi connectivity index (χ3v) is 5.37. The Kier molecular flexibility index (Phi) is 4.60. The molecule has 108 valence electrons. The Morgan fingerprint density at radius 2 is 2.05 bits per heavy atom. The van der Waals surface area contributed by atoms with Crippen LogP contribution in [0.15, 0.2) is 0 Å². The molecule has 2 unspecified atom stereocenters. The number of urea groups is 1. The van der Waals surface area contributed by atoms with Gasteiger partial charge < -0.3 is 15.7 Å². The summed E-state index contributed by atoms with van der Waals surface area (Å²) in [5.74, 6) is 0.278. The van der Waals surface area contributed by atoms with Crippen LogP contribution in [-0.4, -0.2) is 40.2 Å². The van der Waals surface area contributed by atoms with Crippen LogP contribution < -0.4 is 10.6 Å². The van der Waals surface area contributed by atoms with Gasteiger partial charge in [-0.05, 0) is 44.3 Å². The lowest BCUT2D eigenvalue weighted by Gasteiger charge is -2.27. The molecule has 3 N–H and O–H groups in total. The molecule has 0 bridgehead atoms. The highest BCUT2D eigenvalue weighted by Crippen LogP contribution is 2.39. The van der Waals surface area contributed by atoms with Gasteiger partial charge in [-0.1, -0.05) is 6.42 Å². The SMILES string of the molecule is CC(NC(=O)NCC1CCCCS1)(C(=O)O)C1CC1. The van der Waals surface area contributed by atoms with Crippen molar-refractivity contribution in [1.82, 2.24) is 10.6 Å². The van der Waals surface area contributed by atoms with Gasteiger partial charge in [0.25, 0.3) is 0 Å². The summed E-state index contributed by atoms with van der Waals surface area (Å²) in [5, 5.41) is 15.2. The van der Waals surface area contributed by atoms with E-state index >= 15 is 0 Å². The minimum absolute atomic E-state index is 0.0693. The van der Waals surface area contributed by atoms with Crippen LogP contribution in [0.25, 0.3) is 0 Å². The van der Waals surface area contributed by atoms with Crippen LogP contribution in [-0.2, 0) is 4.79 Å². The van der Waals surface area contributed by atoms with Crippen LogP contribution in [0.4, 0.5) is 4.79 Å². The van der Waals surface area contributed by atoms with Gasteiger partial charge in [0.15, 0.2) is 0 Å². The molecule has 1 saturated heterocycles. The lowest BCUT2D eigenvalue weighted by molar-refractivity contribution is -0.144. The highest BCUT2D eigenvalue weighted by Gasteiger charge is 2.48. The maximum absolute atomic E-state index is 11.8. The minimum atomic E-state index is -1.12. The molecule has 2 fully saturated rings. The molecule has 1 aliphatic carbocycles. The van der Waals surface area contributed by atoms with Crippen molar-refractivity contribution < 1.29 is 14.7 Å². The second-order valence-electron chi connectivity index (χ2n) is 5.61. The standard InChI is InChI=1S/C13H22N2O3S/c1-13(11(16)17,9-5-6-9)15-12(18)14-8-10-4-2-3-7-19-10/h9-10H,2-8H2,1H3,(H,16,17)(H2,14,15,18). The molecule has 1 aliphatic heterocycles. The van der Waals surface area contributed by atoms with Crippen molar-refractivity contribution in [1.29, 1.82) is 0 Å². The third-order valence-electron chi connectivity index (χ3n) is 3.98. The third kappa shape index (κ3) is 3.78. The molecule has 2 aliphatic rings. The Morgan fingerprint density at radius 1 is 1.32 bits per heavy atom. The van der Waals surface area contributed by atoms with E-state index in [0.717, 1.165) is 25.0 Å². The Balaban J connectivity index is 1.77. The molecule has 1 saturated carbocycles. The normalized spacial score (nSPS) is 26.3. The first kappa shape index (κ1) is 14.5. The summed E-state index contributed by atoms with van der Waals surface area (Å²) in [6, 6.07) is -0.358. The van der Waals surface area contributed by atoms with Crippen molar-refractivity contribution in [3.05, 3.63) is 0 Å². The van der Waals surface area contributed by atoms with Gasteiger partial charge in [-0.2, -0.15) is 11.8 Å². The van der Waals surface area contributed by atoms with E-state index in [1.165, 1.54) is 12.8 Å². The predicted molar refractivity (Wildman–Crippen MR) is 75.4 cm³/mol. The van der Waals surface area contributed by atoms with Crippen LogP contribution in [0, 0.1) is 5.92 Å². The molecule has 0 aromatic carbocycles. The number of nitrogens with one attached hydrogen (secondary N) is 2. The smallest absolute Gasteiger partial charge is 0.329 e. The van der Waals surface area contributed by atoms with Crippen LogP contribution in [0.1, 0.15) is 39.0 Å². The summed E-state index contributed by atoms with van der Waals surface area (Å²) < 4.78 is 0. The van der Waals surface area contributed by atoms with Gasteiger partial charge >= 0.3 is 12.0 Å². The van der Waals surface area contributed by atoms with Crippen LogP contribution in [0.5, 0.6) is 0 Å². The summed E-state index contributed by atoms with van der Waals surface area (Å²) in [7, 11) is 0. The molecular weight excluding hydrogens is 264 g/mol. The lowest BCUT2D eigenvalue weighted by Crippen LogP contribution is -2.57. The molecule has 0 radical (unpaired) electrons. The van der Waals surface area contributed by atoms with Gasteiger partial charge in [0.05, 0.1) is 0 Å². The first-order valence-corrected chi connectivity index (χ1v) is 7.98.